The first-order valence-corrected chi connectivity index (χ1v) is 5.70. The van der Waals surface area contributed by atoms with Crippen molar-refractivity contribution in [2.24, 2.45) is 5.41 Å². The van der Waals surface area contributed by atoms with Crippen LogP contribution in [0, 0.1) is 5.41 Å². The van der Waals surface area contributed by atoms with Gasteiger partial charge in [-0.3, -0.25) is 4.79 Å². The molecule has 1 saturated carbocycles. The number of carboxylic acids is 1. The molecule has 1 aliphatic rings. The van der Waals surface area contributed by atoms with Crippen LogP contribution in [0.15, 0.2) is 24.3 Å². The molecule has 2 rings (SSSR count). The molecule has 0 spiro atoms. The fourth-order valence-electron chi connectivity index (χ4n) is 2.24. The van der Waals surface area contributed by atoms with E-state index in [2.05, 4.69) is 0 Å². The van der Waals surface area contributed by atoms with Gasteiger partial charge in [-0.05, 0) is 43.4 Å². The van der Waals surface area contributed by atoms with Gasteiger partial charge in [-0.25, -0.2) is 0 Å². The summed E-state index contributed by atoms with van der Waals surface area (Å²) in [7, 11) is 0. The lowest BCUT2D eigenvalue weighted by Gasteiger charge is -2.37. The molecular formula is C13H17NO2. The number of carbonyl (C=O) groups is 1. The lowest BCUT2D eigenvalue weighted by atomic mass is 9.66. The number of carboxylic acid groups (broad SMARTS) is 1. The molecule has 1 aromatic carbocycles. The number of hydrogen-bond acceptors (Lipinski definition) is 2. The highest BCUT2D eigenvalue weighted by Crippen LogP contribution is 2.44. The molecule has 0 heterocycles. The predicted molar refractivity (Wildman–Crippen MR) is 63.1 cm³/mol. The van der Waals surface area contributed by atoms with Gasteiger partial charge in [0.2, 0.25) is 0 Å². The van der Waals surface area contributed by atoms with E-state index >= 15 is 0 Å². The number of nitrogen functional groups attached to an aromatic ring is 1. The van der Waals surface area contributed by atoms with Crippen LogP contribution in [0.25, 0.3) is 0 Å². The summed E-state index contributed by atoms with van der Waals surface area (Å²) >= 11 is 0. The van der Waals surface area contributed by atoms with E-state index in [9.17, 15) is 9.90 Å². The van der Waals surface area contributed by atoms with Crippen molar-refractivity contribution in [2.75, 3.05) is 5.73 Å². The molecule has 16 heavy (non-hydrogen) atoms. The van der Waals surface area contributed by atoms with Gasteiger partial charge in [0.15, 0.2) is 0 Å². The Morgan fingerprint density at radius 1 is 1.31 bits per heavy atom. The summed E-state index contributed by atoms with van der Waals surface area (Å²) in [5.74, 6) is -0.630. The fraction of sp³-hybridized carbons (Fsp3) is 0.462. The topological polar surface area (TPSA) is 63.3 Å². The van der Waals surface area contributed by atoms with Gasteiger partial charge in [-0.2, -0.15) is 0 Å². The zero-order chi connectivity index (χ0) is 11.6. The summed E-state index contributed by atoms with van der Waals surface area (Å²) in [6.07, 6.45) is 4.28. The summed E-state index contributed by atoms with van der Waals surface area (Å²) in [5, 5.41) is 9.19. The third-order valence-electron chi connectivity index (χ3n) is 3.64. The molecule has 86 valence electrons. The summed E-state index contributed by atoms with van der Waals surface area (Å²) in [5.41, 5.74) is 7.08. The van der Waals surface area contributed by atoms with E-state index < -0.39 is 11.4 Å². The van der Waals surface area contributed by atoms with Crippen molar-refractivity contribution in [3.05, 3.63) is 29.8 Å². The van der Waals surface area contributed by atoms with Crippen LogP contribution in [0.1, 0.15) is 31.2 Å². The number of aliphatic carboxylic acids is 1. The Balaban J connectivity index is 1.96. The minimum Gasteiger partial charge on any atom is -0.481 e. The second-order valence-electron chi connectivity index (χ2n) is 4.68. The summed E-state index contributed by atoms with van der Waals surface area (Å²) in [6.45, 7) is 0. The summed E-state index contributed by atoms with van der Waals surface area (Å²) < 4.78 is 0. The largest absolute Gasteiger partial charge is 0.481 e. The smallest absolute Gasteiger partial charge is 0.309 e. The van der Waals surface area contributed by atoms with Gasteiger partial charge < -0.3 is 10.8 Å². The van der Waals surface area contributed by atoms with Gasteiger partial charge in [0.05, 0.1) is 5.41 Å². The molecule has 3 nitrogen and oxygen atoms in total. The highest BCUT2D eigenvalue weighted by atomic mass is 16.4. The molecule has 1 aromatic rings. The zero-order valence-corrected chi connectivity index (χ0v) is 9.28. The first-order chi connectivity index (χ1) is 7.62. The van der Waals surface area contributed by atoms with Gasteiger partial charge in [0.1, 0.15) is 0 Å². The number of nitrogens with two attached hydrogens (primary N) is 1. The van der Waals surface area contributed by atoms with Crippen LogP contribution in [-0.2, 0) is 11.2 Å². The highest BCUT2D eigenvalue weighted by Gasteiger charge is 2.43. The van der Waals surface area contributed by atoms with Crippen LogP contribution in [-0.4, -0.2) is 11.1 Å². The molecular weight excluding hydrogens is 202 g/mol. The molecule has 3 heteroatoms. The molecule has 0 saturated heterocycles. The lowest BCUT2D eigenvalue weighted by molar-refractivity contribution is -0.155. The van der Waals surface area contributed by atoms with Crippen LogP contribution < -0.4 is 5.73 Å². The van der Waals surface area contributed by atoms with Crippen molar-refractivity contribution < 1.29 is 9.90 Å². The molecule has 0 bridgehead atoms. The minimum absolute atomic E-state index is 0.443. The van der Waals surface area contributed by atoms with Gasteiger partial charge in [0, 0.05) is 5.69 Å². The maximum atomic E-state index is 11.2. The Bertz CT molecular complexity index is 379. The van der Waals surface area contributed by atoms with E-state index in [4.69, 9.17) is 5.73 Å². The maximum Gasteiger partial charge on any atom is 0.309 e. The monoisotopic (exact) mass is 219 g/mol. The number of benzene rings is 1. The highest BCUT2D eigenvalue weighted by molar-refractivity contribution is 5.75. The normalized spacial score (nSPS) is 17.8. The van der Waals surface area contributed by atoms with Gasteiger partial charge in [-0.1, -0.05) is 18.6 Å². The van der Waals surface area contributed by atoms with E-state index in [-0.39, 0.29) is 0 Å². The molecule has 0 unspecified atom stereocenters. The summed E-state index contributed by atoms with van der Waals surface area (Å²) in [6, 6.07) is 7.68. The van der Waals surface area contributed by atoms with Crippen molar-refractivity contribution in [2.45, 2.75) is 32.1 Å². The standard InChI is InChI=1S/C13H17NO2/c14-11-4-2-10(3-5-11)6-9-13(12(15)16)7-1-8-13/h2-5H,1,6-9,14H2,(H,15,16). The van der Waals surface area contributed by atoms with Crippen molar-refractivity contribution in [3.63, 3.8) is 0 Å². The molecule has 3 N–H and O–H groups in total. The predicted octanol–water partition coefficient (Wildman–Crippen LogP) is 2.46. The minimum atomic E-state index is -0.630. The fourth-order valence-corrected chi connectivity index (χ4v) is 2.24. The molecule has 0 amide bonds. The second kappa shape index (κ2) is 4.16. The number of rotatable bonds is 4. The number of anilines is 1. The molecule has 0 atom stereocenters. The first-order valence-electron chi connectivity index (χ1n) is 5.70. The van der Waals surface area contributed by atoms with Gasteiger partial charge in [0.25, 0.3) is 0 Å². The van der Waals surface area contributed by atoms with Crippen LogP contribution in [0.5, 0.6) is 0 Å². The third kappa shape index (κ3) is 2.03. The lowest BCUT2D eigenvalue weighted by Crippen LogP contribution is -2.38. The van der Waals surface area contributed by atoms with E-state index in [0.29, 0.717) is 0 Å². The van der Waals surface area contributed by atoms with Crippen LogP contribution in [0.2, 0.25) is 0 Å². The number of aryl methyl sites for hydroxylation is 1. The van der Waals surface area contributed by atoms with Gasteiger partial charge in [-0.15, -0.1) is 0 Å². The first kappa shape index (κ1) is 11.0. The summed E-state index contributed by atoms with van der Waals surface area (Å²) in [4.78, 5) is 11.2. The molecule has 1 aliphatic carbocycles. The average molecular weight is 219 g/mol. The van der Waals surface area contributed by atoms with E-state index in [1.165, 1.54) is 5.56 Å². The molecule has 0 aliphatic heterocycles. The van der Waals surface area contributed by atoms with E-state index in [1.54, 1.807) is 0 Å². The average Bonchev–Trinajstić information content (AvgIpc) is 2.18. The van der Waals surface area contributed by atoms with Crippen LogP contribution >= 0.6 is 0 Å². The Kier molecular flexibility index (Phi) is 2.86. The van der Waals surface area contributed by atoms with E-state index in [0.717, 1.165) is 37.8 Å². The third-order valence-corrected chi connectivity index (χ3v) is 3.64. The van der Waals surface area contributed by atoms with Crippen molar-refractivity contribution in [3.8, 4) is 0 Å². The Morgan fingerprint density at radius 2 is 1.94 bits per heavy atom. The zero-order valence-electron chi connectivity index (χ0n) is 9.28. The Morgan fingerprint density at radius 3 is 2.38 bits per heavy atom. The molecule has 0 radical (unpaired) electrons. The van der Waals surface area contributed by atoms with Crippen LogP contribution in [0.3, 0.4) is 0 Å². The van der Waals surface area contributed by atoms with Gasteiger partial charge >= 0.3 is 5.97 Å². The number of hydrogen-bond donors (Lipinski definition) is 2. The Labute approximate surface area is 95.3 Å². The van der Waals surface area contributed by atoms with Crippen LogP contribution in [0.4, 0.5) is 5.69 Å². The Hall–Kier alpha value is -1.51. The second-order valence-corrected chi connectivity index (χ2v) is 4.68. The SMILES string of the molecule is Nc1ccc(CCC2(C(=O)O)CCC2)cc1. The van der Waals surface area contributed by atoms with Crippen molar-refractivity contribution in [1.82, 2.24) is 0 Å². The van der Waals surface area contributed by atoms with Crippen molar-refractivity contribution >= 4 is 11.7 Å². The quantitative estimate of drug-likeness (QED) is 0.764. The molecule has 0 aromatic heterocycles. The van der Waals surface area contributed by atoms with Crippen molar-refractivity contribution in [1.29, 1.82) is 0 Å². The van der Waals surface area contributed by atoms with E-state index in [1.807, 2.05) is 24.3 Å². The maximum absolute atomic E-state index is 11.2. The molecule has 1 fully saturated rings.